The molecule has 0 aliphatic heterocycles. The van der Waals surface area contributed by atoms with E-state index < -0.39 is 0 Å². The van der Waals surface area contributed by atoms with Gasteiger partial charge in [0.15, 0.2) is 11.5 Å². The highest BCUT2D eigenvalue weighted by Gasteiger charge is 2.22. The number of imidazole rings is 1. The highest BCUT2D eigenvalue weighted by atomic mass is 16.5. The van der Waals surface area contributed by atoms with Gasteiger partial charge < -0.3 is 24.1 Å². The second-order valence-corrected chi connectivity index (χ2v) is 10.1. The Labute approximate surface area is 218 Å². The van der Waals surface area contributed by atoms with E-state index in [-0.39, 0.29) is 17.4 Å². The summed E-state index contributed by atoms with van der Waals surface area (Å²) in [6, 6.07) is 19.7. The fraction of sp³-hybridized carbons (Fsp3) is 0.333. The van der Waals surface area contributed by atoms with E-state index in [4.69, 9.17) is 19.2 Å². The number of rotatable bonds is 8. The Bertz CT molecular complexity index is 1380. The minimum atomic E-state index is -0.354. The molecule has 4 aromatic rings. The zero-order chi connectivity index (χ0) is 26.7. The van der Waals surface area contributed by atoms with E-state index >= 15 is 0 Å². The van der Waals surface area contributed by atoms with E-state index in [2.05, 4.69) is 61.0 Å². The molecule has 3 aromatic carbocycles. The number of nitrogens with zero attached hydrogens (tertiary/aromatic N) is 2. The van der Waals surface area contributed by atoms with Crippen molar-refractivity contribution in [2.24, 2.45) is 0 Å². The summed E-state index contributed by atoms with van der Waals surface area (Å²) in [5.74, 6) is 1.80. The highest BCUT2D eigenvalue weighted by Crippen LogP contribution is 2.38. The molecule has 0 saturated heterocycles. The largest absolute Gasteiger partial charge is 0.493 e. The molecule has 7 nitrogen and oxygen atoms in total. The number of carbonyl (C=O) groups is 1. The molecule has 0 aliphatic rings. The number of ether oxygens (including phenoxy) is 3. The molecule has 1 heterocycles. The number of amides is 1. The van der Waals surface area contributed by atoms with Gasteiger partial charge in [-0.25, -0.2) is 4.98 Å². The molecule has 7 heteroatoms. The van der Waals surface area contributed by atoms with E-state index in [0.717, 1.165) is 16.9 Å². The second-order valence-electron chi connectivity index (χ2n) is 10.1. The Balaban J connectivity index is 1.65. The molecule has 0 bridgehead atoms. The van der Waals surface area contributed by atoms with Crippen LogP contribution in [0.15, 0.2) is 60.7 Å². The third kappa shape index (κ3) is 5.40. The van der Waals surface area contributed by atoms with Crippen LogP contribution in [0.1, 0.15) is 61.0 Å². The van der Waals surface area contributed by atoms with Crippen molar-refractivity contribution in [3.8, 4) is 17.2 Å². The van der Waals surface area contributed by atoms with Crippen molar-refractivity contribution in [2.45, 2.75) is 45.7 Å². The molecular weight excluding hydrogens is 466 g/mol. The predicted molar refractivity (Wildman–Crippen MR) is 146 cm³/mol. The van der Waals surface area contributed by atoms with Crippen molar-refractivity contribution in [3.63, 3.8) is 0 Å². The molecule has 0 radical (unpaired) electrons. The first kappa shape index (κ1) is 26.1. The minimum absolute atomic E-state index is 0.0943. The Morgan fingerprint density at radius 2 is 1.57 bits per heavy atom. The lowest BCUT2D eigenvalue weighted by Gasteiger charge is -2.20. The molecule has 194 valence electrons. The van der Waals surface area contributed by atoms with Gasteiger partial charge in [-0.3, -0.25) is 4.79 Å². The van der Waals surface area contributed by atoms with Crippen molar-refractivity contribution in [1.82, 2.24) is 14.9 Å². The smallest absolute Gasteiger partial charge is 0.252 e. The second kappa shape index (κ2) is 10.5. The number of carbonyl (C=O) groups excluding carboxylic acids is 1. The molecule has 0 spiro atoms. The summed E-state index contributed by atoms with van der Waals surface area (Å²) < 4.78 is 18.4. The molecule has 1 atom stereocenters. The van der Waals surface area contributed by atoms with E-state index in [0.29, 0.717) is 29.4 Å². The molecule has 1 N–H and O–H groups in total. The molecular formula is C30H35N3O4. The van der Waals surface area contributed by atoms with Gasteiger partial charge in [-0.2, -0.15) is 0 Å². The number of hydrogen-bond acceptors (Lipinski definition) is 5. The van der Waals surface area contributed by atoms with Gasteiger partial charge in [0, 0.05) is 12.1 Å². The fourth-order valence-electron chi connectivity index (χ4n) is 4.44. The number of fused-ring (bicyclic) bond motifs is 1. The minimum Gasteiger partial charge on any atom is -0.493 e. The summed E-state index contributed by atoms with van der Waals surface area (Å²) in [6.07, 6.45) is 0. The maximum Gasteiger partial charge on any atom is 0.252 e. The topological polar surface area (TPSA) is 74.6 Å². The lowest BCUT2D eigenvalue weighted by atomic mass is 9.87. The lowest BCUT2D eigenvalue weighted by molar-refractivity contribution is 0.0937. The third-order valence-corrected chi connectivity index (χ3v) is 6.51. The predicted octanol–water partition coefficient (Wildman–Crippen LogP) is 5.90. The van der Waals surface area contributed by atoms with Crippen LogP contribution in [0.5, 0.6) is 17.2 Å². The van der Waals surface area contributed by atoms with Crippen LogP contribution >= 0.6 is 0 Å². The van der Waals surface area contributed by atoms with Gasteiger partial charge in [0.2, 0.25) is 5.75 Å². The van der Waals surface area contributed by atoms with E-state index in [1.165, 1.54) is 32.5 Å². The molecule has 1 amide bonds. The van der Waals surface area contributed by atoms with E-state index in [1.807, 2.05) is 25.1 Å². The first-order valence-corrected chi connectivity index (χ1v) is 12.3. The van der Waals surface area contributed by atoms with Gasteiger partial charge in [0.1, 0.15) is 5.82 Å². The van der Waals surface area contributed by atoms with Crippen LogP contribution in [0, 0.1) is 0 Å². The van der Waals surface area contributed by atoms with Crippen LogP contribution in [-0.4, -0.2) is 36.8 Å². The Morgan fingerprint density at radius 1 is 0.946 bits per heavy atom. The number of benzene rings is 3. The summed E-state index contributed by atoms with van der Waals surface area (Å²) >= 11 is 0. The zero-order valence-corrected chi connectivity index (χ0v) is 22.6. The number of methoxy groups -OCH3 is 3. The molecule has 0 aliphatic carbocycles. The van der Waals surface area contributed by atoms with Crippen molar-refractivity contribution in [3.05, 3.63) is 83.2 Å². The molecule has 0 saturated carbocycles. The quantitative estimate of drug-likeness (QED) is 0.325. The van der Waals surface area contributed by atoms with Crippen LogP contribution in [0.25, 0.3) is 11.0 Å². The Kier molecular flexibility index (Phi) is 7.43. The summed E-state index contributed by atoms with van der Waals surface area (Å²) in [5, 5.41) is 3.09. The summed E-state index contributed by atoms with van der Waals surface area (Å²) in [6.45, 7) is 9.21. The van der Waals surface area contributed by atoms with Crippen LogP contribution in [0.2, 0.25) is 0 Å². The summed E-state index contributed by atoms with van der Waals surface area (Å²) in [4.78, 5) is 18.2. The van der Waals surface area contributed by atoms with Gasteiger partial charge in [-0.15, -0.1) is 0 Å². The van der Waals surface area contributed by atoms with Crippen molar-refractivity contribution in [1.29, 1.82) is 0 Å². The first-order chi connectivity index (χ1) is 17.7. The van der Waals surface area contributed by atoms with E-state index in [9.17, 15) is 4.79 Å². The van der Waals surface area contributed by atoms with Gasteiger partial charge >= 0.3 is 0 Å². The lowest BCUT2D eigenvalue weighted by Crippen LogP contribution is -2.29. The molecule has 37 heavy (non-hydrogen) atoms. The maximum atomic E-state index is 13.3. The summed E-state index contributed by atoms with van der Waals surface area (Å²) in [7, 11) is 4.58. The average Bonchev–Trinajstić information content (AvgIpc) is 3.25. The standard InChI is InChI=1S/C30H35N3O4/c1-19(31-29(34)21-16-25(35-5)27(37-7)26(17-21)36-6)28-32-23-10-8-9-11-24(23)33(28)18-20-12-14-22(15-13-20)30(2,3)4/h8-17,19H,18H2,1-7H3,(H,31,34). The van der Waals surface area contributed by atoms with Crippen molar-refractivity contribution >= 4 is 16.9 Å². The zero-order valence-electron chi connectivity index (χ0n) is 22.6. The van der Waals surface area contributed by atoms with Gasteiger partial charge in [-0.05, 0) is 47.7 Å². The Morgan fingerprint density at radius 3 is 2.14 bits per heavy atom. The van der Waals surface area contributed by atoms with Crippen LogP contribution in [-0.2, 0) is 12.0 Å². The van der Waals surface area contributed by atoms with Crippen LogP contribution < -0.4 is 19.5 Å². The van der Waals surface area contributed by atoms with Crippen LogP contribution in [0.4, 0.5) is 0 Å². The average molecular weight is 502 g/mol. The third-order valence-electron chi connectivity index (χ3n) is 6.51. The monoisotopic (exact) mass is 501 g/mol. The SMILES string of the molecule is COc1cc(C(=O)NC(C)c2nc3ccccc3n2Cc2ccc(C(C)(C)C)cc2)cc(OC)c1OC. The number of para-hydroxylation sites is 2. The Hall–Kier alpha value is -4.00. The van der Waals surface area contributed by atoms with Gasteiger partial charge in [-0.1, -0.05) is 57.2 Å². The van der Waals surface area contributed by atoms with Gasteiger partial charge in [0.25, 0.3) is 5.91 Å². The summed E-state index contributed by atoms with van der Waals surface area (Å²) in [5.41, 5.74) is 4.86. The number of hydrogen-bond donors (Lipinski definition) is 1. The molecule has 4 rings (SSSR count). The first-order valence-electron chi connectivity index (χ1n) is 12.3. The maximum absolute atomic E-state index is 13.3. The normalized spacial score (nSPS) is 12.3. The highest BCUT2D eigenvalue weighted by molar-refractivity contribution is 5.96. The fourth-order valence-corrected chi connectivity index (χ4v) is 4.44. The number of aromatic nitrogens is 2. The molecule has 1 aromatic heterocycles. The molecule has 1 unspecified atom stereocenters. The van der Waals surface area contributed by atoms with Crippen molar-refractivity contribution in [2.75, 3.05) is 21.3 Å². The number of nitrogens with one attached hydrogen (secondary N) is 1. The van der Waals surface area contributed by atoms with Gasteiger partial charge in [0.05, 0.1) is 38.4 Å². The van der Waals surface area contributed by atoms with Crippen LogP contribution in [0.3, 0.4) is 0 Å². The molecule has 0 fully saturated rings. The van der Waals surface area contributed by atoms with Crippen molar-refractivity contribution < 1.29 is 19.0 Å². The van der Waals surface area contributed by atoms with E-state index in [1.54, 1.807) is 12.1 Å².